The van der Waals surface area contributed by atoms with Crippen molar-refractivity contribution in [3.63, 3.8) is 0 Å². The SMILES string of the molecule is CCCc1nc(N)cc(-c2ccc(C)c(F)c2F)n1. The second kappa shape index (κ2) is 5.30. The average Bonchev–Trinajstić information content (AvgIpc) is 2.36. The Balaban J connectivity index is 2.55. The predicted octanol–water partition coefficient (Wildman–Crippen LogP) is 3.26. The molecule has 0 bridgehead atoms. The fourth-order valence-electron chi connectivity index (χ4n) is 1.83. The lowest BCUT2D eigenvalue weighted by molar-refractivity contribution is 0.505. The van der Waals surface area contributed by atoms with Gasteiger partial charge in [0.25, 0.3) is 0 Å². The van der Waals surface area contributed by atoms with Crippen molar-refractivity contribution < 1.29 is 8.78 Å². The molecule has 1 heterocycles. The van der Waals surface area contributed by atoms with E-state index in [2.05, 4.69) is 9.97 Å². The van der Waals surface area contributed by atoms with Gasteiger partial charge < -0.3 is 5.73 Å². The van der Waals surface area contributed by atoms with Crippen LogP contribution < -0.4 is 5.73 Å². The van der Waals surface area contributed by atoms with Crippen LogP contribution in [0.25, 0.3) is 11.3 Å². The predicted molar refractivity (Wildman–Crippen MR) is 70.5 cm³/mol. The topological polar surface area (TPSA) is 51.8 Å². The van der Waals surface area contributed by atoms with Crippen LogP contribution >= 0.6 is 0 Å². The summed E-state index contributed by atoms with van der Waals surface area (Å²) in [6, 6.07) is 4.48. The Labute approximate surface area is 110 Å². The van der Waals surface area contributed by atoms with E-state index in [1.807, 2.05) is 6.92 Å². The molecular weight excluding hydrogens is 248 g/mol. The molecule has 0 aliphatic carbocycles. The Morgan fingerprint density at radius 2 is 1.89 bits per heavy atom. The van der Waals surface area contributed by atoms with Crippen molar-refractivity contribution in [2.24, 2.45) is 0 Å². The third-order valence-corrected chi connectivity index (χ3v) is 2.82. The molecule has 0 fully saturated rings. The molecule has 1 aromatic carbocycles. The van der Waals surface area contributed by atoms with Gasteiger partial charge in [-0.3, -0.25) is 0 Å². The average molecular weight is 263 g/mol. The minimum atomic E-state index is -0.902. The van der Waals surface area contributed by atoms with E-state index in [1.165, 1.54) is 25.1 Å². The number of nitrogens with two attached hydrogens (primary N) is 1. The van der Waals surface area contributed by atoms with E-state index in [9.17, 15) is 8.78 Å². The zero-order valence-corrected chi connectivity index (χ0v) is 10.9. The van der Waals surface area contributed by atoms with Crippen LogP contribution in [0.1, 0.15) is 24.7 Å². The molecule has 0 amide bonds. The van der Waals surface area contributed by atoms with Gasteiger partial charge in [-0.2, -0.15) is 0 Å². The van der Waals surface area contributed by atoms with Gasteiger partial charge in [0.2, 0.25) is 0 Å². The highest BCUT2D eigenvalue weighted by Crippen LogP contribution is 2.25. The number of anilines is 1. The molecule has 5 heteroatoms. The minimum absolute atomic E-state index is 0.106. The van der Waals surface area contributed by atoms with Crippen molar-refractivity contribution in [2.45, 2.75) is 26.7 Å². The van der Waals surface area contributed by atoms with E-state index in [1.54, 1.807) is 0 Å². The summed E-state index contributed by atoms with van der Waals surface area (Å²) in [7, 11) is 0. The number of aryl methyl sites for hydroxylation is 2. The van der Waals surface area contributed by atoms with E-state index >= 15 is 0 Å². The largest absolute Gasteiger partial charge is 0.384 e. The molecule has 0 aliphatic rings. The van der Waals surface area contributed by atoms with Crippen molar-refractivity contribution in [1.82, 2.24) is 9.97 Å². The van der Waals surface area contributed by atoms with Crippen molar-refractivity contribution in [1.29, 1.82) is 0 Å². The Bertz CT molecular complexity index is 612. The highest BCUT2D eigenvalue weighted by Gasteiger charge is 2.14. The van der Waals surface area contributed by atoms with Crippen LogP contribution in [-0.4, -0.2) is 9.97 Å². The van der Waals surface area contributed by atoms with Gasteiger partial charge in [-0.1, -0.05) is 13.0 Å². The molecule has 1 aromatic heterocycles. The van der Waals surface area contributed by atoms with Gasteiger partial charge in [-0.05, 0) is 25.0 Å². The zero-order chi connectivity index (χ0) is 14.0. The highest BCUT2D eigenvalue weighted by molar-refractivity contribution is 5.63. The Morgan fingerprint density at radius 3 is 2.58 bits per heavy atom. The maximum absolute atomic E-state index is 13.9. The Morgan fingerprint density at radius 1 is 1.16 bits per heavy atom. The molecule has 3 nitrogen and oxygen atoms in total. The van der Waals surface area contributed by atoms with Crippen molar-refractivity contribution in [2.75, 3.05) is 5.73 Å². The number of hydrogen-bond acceptors (Lipinski definition) is 3. The molecule has 0 saturated carbocycles. The lowest BCUT2D eigenvalue weighted by Gasteiger charge is -2.08. The fourth-order valence-corrected chi connectivity index (χ4v) is 1.83. The maximum Gasteiger partial charge on any atom is 0.168 e. The molecule has 0 saturated heterocycles. The first-order valence-electron chi connectivity index (χ1n) is 6.11. The quantitative estimate of drug-likeness (QED) is 0.924. The highest BCUT2D eigenvalue weighted by atomic mass is 19.2. The first-order valence-corrected chi connectivity index (χ1v) is 6.11. The number of benzene rings is 1. The molecule has 0 atom stereocenters. The van der Waals surface area contributed by atoms with Gasteiger partial charge in [-0.25, -0.2) is 18.7 Å². The van der Waals surface area contributed by atoms with Gasteiger partial charge in [-0.15, -0.1) is 0 Å². The van der Waals surface area contributed by atoms with E-state index in [0.29, 0.717) is 17.9 Å². The molecule has 2 rings (SSSR count). The second-order valence-corrected chi connectivity index (χ2v) is 4.40. The van der Waals surface area contributed by atoms with E-state index in [-0.39, 0.29) is 16.9 Å². The summed E-state index contributed by atoms with van der Waals surface area (Å²) in [6.45, 7) is 3.50. The van der Waals surface area contributed by atoms with E-state index < -0.39 is 11.6 Å². The molecular formula is C14H15F2N3. The minimum Gasteiger partial charge on any atom is -0.384 e. The van der Waals surface area contributed by atoms with Crippen LogP contribution in [0.2, 0.25) is 0 Å². The molecule has 100 valence electrons. The van der Waals surface area contributed by atoms with Gasteiger partial charge in [0, 0.05) is 18.1 Å². The number of nitrogens with zero attached hydrogens (tertiary/aromatic N) is 2. The zero-order valence-electron chi connectivity index (χ0n) is 10.9. The molecule has 19 heavy (non-hydrogen) atoms. The first kappa shape index (κ1) is 13.4. The summed E-state index contributed by atoms with van der Waals surface area (Å²) in [5, 5.41) is 0. The van der Waals surface area contributed by atoms with Gasteiger partial charge in [0.05, 0.1) is 5.69 Å². The number of rotatable bonds is 3. The standard InChI is InChI=1S/C14H15F2N3/c1-3-4-12-18-10(7-11(17)19-12)9-6-5-8(2)13(15)14(9)16/h5-7H,3-4H2,1-2H3,(H2,17,18,19). The van der Waals surface area contributed by atoms with Gasteiger partial charge in [0.1, 0.15) is 11.6 Å². The number of halogens is 2. The normalized spacial score (nSPS) is 10.7. The summed E-state index contributed by atoms with van der Waals surface area (Å²) in [4.78, 5) is 8.30. The molecule has 0 radical (unpaired) electrons. The van der Waals surface area contributed by atoms with Crippen molar-refractivity contribution >= 4 is 5.82 Å². The van der Waals surface area contributed by atoms with Gasteiger partial charge in [0.15, 0.2) is 11.6 Å². The van der Waals surface area contributed by atoms with Gasteiger partial charge >= 0.3 is 0 Å². The molecule has 0 unspecified atom stereocenters. The van der Waals surface area contributed by atoms with Crippen LogP contribution in [0.15, 0.2) is 18.2 Å². The summed E-state index contributed by atoms with van der Waals surface area (Å²) < 4.78 is 27.5. The third kappa shape index (κ3) is 2.70. The molecule has 0 spiro atoms. The monoisotopic (exact) mass is 263 g/mol. The summed E-state index contributed by atoms with van der Waals surface area (Å²) >= 11 is 0. The van der Waals surface area contributed by atoms with Crippen LogP contribution in [0, 0.1) is 18.6 Å². The van der Waals surface area contributed by atoms with Crippen LogP contribution in [0.5, 0.6) is 0 Å². The maximum atomic E-state index is 13.9. The first-order chi connectivity index (χ1) is 9.02. The summed E-state index contributed by atoms with van der Waals surface area (Å²) in [6.07, 6.45) is 1.50. The van der Waals surface area contributed by atoms with E-state index in [0.717, 1.165) is 6.42 Å². The van der Waals surface area contributed by atoms with Crippen molar-refractivity contribution in [3.05, 3.63) is 41.2 Å². The molecule has 2 N–H and O–H groups in total. The number of nitrogen functional groups attached to an aromatic ring is 1. The van der Waals surface area contributed by atoms with Crippen LogP contribution in [-0.2, 0) is 6.42 Å². The summed E-state index contributed by atoms with van der Waals surface area (Å²) in [5.41, 5.74) is 6.36. The molecule has 2 aromatic rings. The van der Waals surface area contributed by atoms with Crippen LogP contribution in [0.4, 0.5) is 14.6 Å². The summed E-state index contributed by atoms with van der Waals surface area (Å²) in [5.74, 6) is -0.959. The Kier molecular flexibility index (Phi) is 3.74. The second-order valence-electron chi connectivity index (χ2n) is 4.40. The lowest BCUT2D eigenvalue weighted by Crippen LogP contribution is -2.03. The number of aromatic nitrogens is 2. The van der Waals surface area contributed by atoms with Crippen LogP contribution in [0.3, 0.4) is 0 Å². The number of hydrogen-bond donors (Lipinski definition) is 1. The lowest BCUT2D eigenvalue weighted by atomic mass is 10.1. The fraction of sp³-hybridized carbons (Fsp3) is 0.286. The smallest absolute Gasteiger partial charge is 0.168 e. The Hall–Kier alpha value is -2.04. The third-order valence-electron chi connectivity index (χ3n) is 2.82. The molecule has 0 aliphatic heterocycles. The van der Waals surface area contributed by atoms with Crippen molar-refractivity contribution in [3.8, 4) is 11.3 Å². The van der Waals surface area contributed by atoms with E-state index in [4.69, 9.17) is 5.73 Å².